The van der Waals surface area contributed by atoms with Crippen LogP contribution in [0, 0.1) is 13.8 Å². The zero-order valence-corrected chi connectivity index (χ0v) is 21.5. The van der Waals surface area contributed by atoms with Crippen LogP contribution in [0.3, 0.4) is 0 Å². The Hall–Kier alpha value is -3.25. The lowest BCUT2D eigenvalue weighted by Crippen LogP contribution is -2.40. The first kappa shape index (κ1) is 25.8. The molecule has 2 N–H and O–H groups in total. The molecule has 36 heavy (non-hydrogen) atoms. The number of aryl methyl sites for hydroxylation is 2. The van der Waals surface area contributed by atoms with E-state index < -0.39 is 26.0 Å². The number of para-hydroxylation sites is 1. The van der Waals surface area contributed by atoms with Gasteiger partial charge in [0.05, 0.1) is 28.7 Å². The largest absolute Gasteiger partial charge is 0.379 e. The molecule has 3 aromatic rings. The van der Waals surface area contributed by atoms with E-state index in [0.29, 0.717) is 30.2 Å². The molecule has 1 fully saturated rings. The molecule has 0 spiro atoms. The minimum Gasteiger partial charge on any atom is -0.379 e. The van der Waals surface area contributed by atoms with E-state index >= 15 is 0 Å². The van der Waals surface area contributed by atoms with Gasteiger partial charge in [0, 0.05) is 24.3 Å². The van der Waals surface area contributed by atoms with Gasteiger partial charge < -0.3 is 10.1 Å². The van der Waals surface area contributed by atoms with Crippen LogP contribution < -0.4 is 10.0 Å². The van der Waals surface area contributed by atoms with Crippen molar-refractivity contribution in [3.05, 3.63) is 83.4 Å². The van der Waals surface area contributed by atoms with Crippen molar-refractivity contribution in [1.82, 2.24) is 4.31 Å². The molecule has 0 aliphatic carbocycles. The highest BCUT2D eigenvalue weighted by Crippen LogP contribution is 2.24. The number of anilines is 2. The summed E-state index contributed by atoms with van der Waals surface area (Å²) in [5, 5.41) is 2.69. The highest BCUT2D eigenvalue weighted by atomic mass is 32.2. The summed E-state index contributed by atoms with van der Waals surface area (Å²) in [4.78, 5) is 13.0. The summed E-state index contributed by atoms with van der Waals surface area (Å²) in [6.07, 6.45) is 0. The van der Waals surface area contributed by atoms with Gasteiger partial charge in [0.1, 0.15) is 0 Å². The number of hydrogen-bond donors (Lipinski definition) is 2. The van der Waals surface area contributed by atoms with Gasteiger partial charge in [-0.25, -0.2) is 16.8 Å². The topological polar surface area (TPSA) is 122 Å². The van der Waals surface area contributed by atoms with Gasteiger partial charge >= 0.3 is 0 Å². The quantitative estimate of drug-likeness (QED) is 0.484. The van der Waals surface area contributed by atoms with Crippen molar-refractivity contribution in [3.63, 3.8) is 0 Å². The van der Waals surface area contributed by atoms with Crippen LogP contribution in [-0.4, -0.2) is 53.4 Å². The van der Waals surface area contributed by atoms with Crippen molar-refractivity contribution in [2.45, 2.75) is 23.6 Å². The van der Waals surface area contributed by atoms with Crippen LogP contribution in [0.15, 0.2) is 76.5 Å². The van der Waals surface area contributed by atoms with E-state index in [2.05, 4.69) is 10.0 Å². The van der Waals surface area contributed by atoms with Crippen molar-refractivity contribution < 1.29 is 26.4 Å². The highest BCUT2D eigenvalue weighted by molar-refractivity contribution is 7.92. The Morgan fingerprint density at radius 1 is 0.861 bits per heavy atom. The molecule has 0 unspecified atom stereocenters. The number of carbonyl (C=O) groups excluding carboxylic acids is 1. The normalized spacial score (nSPS) is 14.8. The lowest BCUT2D eigenvalue weighted by Gasteiger charge is -2.26. The molecule has 1 amide bonds. The van der Waals surface area contributed by atoms with Crippen molar-refractivity contribution >= 4 is 37.3 Å². The number of benzene rings is 3. The molecular weight excluding hydrogens is 502 g/mol. The van der Waals surface area contributed by atoms with E-state index in [9.17, 15) is 21.6 Å². The van der Waals surface area contributed by atoms with Gasteiger partial charge in [0.15, 0.2) is 0 Å². The van der Waals surface area contributed by atoms with Gasteiger partial charge in [-0.1, -0.05) is 24.3 Å². The van der Waals surface area contributed by atoms with Crippen molar-refractivity contribution in [3.8, 4) is 0 Å². The second-order valence-electron chi connectivity index (χ2n) is 8.40. The Kier molecular flexibility index (Phi) is 7.46. The fourth-order valence-corrected chi connectivity index (χ4v) is 6.58. The van der Waals surface area contributed by atoms with Crippen molar-refractivity contribution in [2.24, 2.45) is 0 Å². The predicted octanol–water partition coefficient (Wildman–Crippen LogP) is 3.38. The molecule has 190 valence electrons. The van der Waals surface area contributed by atoms with E-state index in [0.717, 1.165) is 5.56 Å². The number of nitrogens with zero attached hydrogens (tertiary/aromatic N) is 1. The number of hydrogen-bond acceptors (Lipinski definition) is 6. The van der Waals surface area contributed by atoms with Gasteiger partial charge in [-0.2, -0.15) is 4.31 Å². The summed E-state index contributed by atoms with van der Waals surface area (Å²) in [6, 6.07) is 17.3. The summed E-state index contributed by atoms with van der Waals surface area (Å²) in [7, 11) is -7.59. The SMILES string of the molecule is Cc1ccccc1NS(=O)(=O)c1cc(C(=O)Nc2ccc(S(=O)(=O)N3CCOCC3)cc2)ccc1C. The summed E-state index contributed by atoms with van der Waals surface area (Å²) in [5.74, 6) is -0.522. The number of sulfonamides is 2. The van der Waals surface area contributed by atoms with E-state index in [1.54, 1.807) is 38.1 Å². The second kappa shape index (κ2) is 10.4. The Balaban J connectivity index is 1.51. The maximum Gasteiger partial charge on any atom is 0.262 e. The van der Waals surface area contributed by atoms with Gasteiger partial charge in [-0.05, 0) is 67.4 Å². The van der Waals surface area contributed by atoms with E-state index in [1.165, 1.54) is 40.7 Å². The Morgan fingerprint density at radius 2 is 1.53 bits per heavy atom. The predicted molar refractivity (Wildman–Crippen MR) is 137 cm³/mol. The molecule has 0 atom stereocenters. The number of rotatable bonds is 7. The Morgan fingerprint density at radius 3 is 2.19 bits per heavy atom. The third-order valence-electron chi connectivity index (χ3n) is 5.85. The molecule has 1 aliphatic rings. The van der Waals surface area contributed by atoms with Gasteiger partial charge in [0.25, 0.3) is 15.9 Å². The maximum absolute atomic E-state index is 13.1. The number of nitrogens with one attached hydrogen (secondary N) is 2. The Bertz CT molecular complexity index is 1480. The standard InChI is InChI=1S/C25H27N3O6S2/c1-18-5-3-4-6-23(18)27-35(30,31)24-17-20(8-7-19(24)2)25(29)26-21-9-11-22(12-10-21)36(32,33)28-13-15-34-16-14-28/h3-12,17,27H,13-16H2,1-2H3,(H,26,29). The molecule has 1 saturated heterocycles. The zero-order valence-electron chi connectivity index (χ0n) is 19.9. The van der Waals surface area contributed by atoms with Crippen LogP contribution in [0.1, 0.15) is 21.5 Å². The molecule has 11 heteroatoms. The smallest absolute Gasteiger partial charge is 0.262 e. The van der Waals surface area contributed by atoms with Crippen LogP contribution in [0.4, 0.5) is 11.4 Å². The fourth-order valence-electron chi connectivity index (χ4n) is 3.77. The van der Waals surface area contributed by atoms with Crippen LogP contribution in [0.25, 0.3) is 0 Å². The summed E-state index contributed by atoms with van der Waals surface area (Å²) in [5.41, 5.74) is 2.25. The molecule has 0 aromatic heterocycles. The molecule has 0 bridgehead atoms. The molecule has 1 heterocycles. The number of carbonyl (C=O) groups is 1. The van der Waals surface area contributed by atoms with Gasteiger partial charge in [0.2, 0.25) is 10.0 Å². The monoisotopic (exact) mass is 529 g/mol. The van der Waals surface area contributed by atoms with Crippen LogP contribution in [0.5, 0.6) is 0 Å². The molecule has 3 aromatic carbocycles. The van der Waals surface area contributed by atoms with Crippen LogP contribution >= 0.6 is 0 Å². The Labute approximate surface area is 211 Å². The molecule has 4 rings (SSSR count). The summed E-state index contributed by atoms with van der Waals surface area (Å²) in [6.45, 7) is 4.73. The summed E-state index contributed by atoms with van der Waals surface area (Å²) >= 11 is 0. The molecular formula is C25H27N3O6S2. The second-order valence-corrected chi connectivity index (χ2v) is 12.0. The number of morpholine rings is 1. The van der Waals surface area contributed by atoms with Gasteiger partial charge in [-0.15, -0.1) is 0 Å². The average Bonchev–Trinajstić information content (AvgIpc) is 2.86. The van der Waals surface area contributed by atoms with Crippen LogP contribution in [0.2, 0.25) is 0 Å². The summed E-state index contributed by atoms with van der Waals surface area (Å²) < 4.78 is 60.8. The zero-order chi connectivity index (χ0) is 25.9. The minimum atomic E-state index is -3.94. The maximum atomic E-state index is 13.1. The van der Waals surface area contributed by atoms with Crippen molar-refractivity contribution in [2.75, 3.05) is 36.3 Å². The third kappa shape index (κ3) is 5.59. The first-order valence-electron chi connectivity index (χ1n) is 11.3. The van der Waals surface area contributed by atoms with E-state index in [4.69, 9.17) is 4.74 Å². The molecule has 0 saturated carbocycles. The molecule has 9 nitrogen and oxygen atoms in total. The number of amides is 1. The first-order chi connectivity index (χ1) is 17.1. The van der Waals surface area contributed by atoms with Gasteiger partial charge in [-0.3, -0.25) is 9.52 Å². The van der Waals surface area contributed by atoms with Crippen LogP contribution in [-0.2, 0) is 24.8 Å². The van der Waals surface area contributed by atoms with E-state index in [1.807, 2.05) is 6.07 Å². The van der Waals surface area contributed by atoms with E-state index in [-0.39, 0.29) is 28.4 Å². The average molecular weight is 530 g/mol. The first-order valence-corrected chi connectivity index (χ1v) is 14.2. The molecule has 0 radical (unpaired) electrons. The van der Waals surface area contributed by atoms with Crippen molar-refractivity contribution in [1.29, 1.82) is 0 Å². The fraction of sp³-hybridized carbons (Fsp3) is 0.240. The lowest BCUT2D eigenvalue weighted by molar-refractivity contribution is 0.0730. The highest BCUT2D eigenvalue weighted by Gasteiger charge is 2.26. The number of ether oxygens (including phenoxy) is 1. The minimum absolute atomic E-state index is 0.00893. The lowest BCUT2D eigenvalue weighted by atomic mass is 10.1. The third-order valence-corrected chi connectivity index (χ3v) is 9.27. The molecule has 1 aliphatic heterocycles.